The Bertz CT molecular complexity index is 658. The standard InChI is InChI=1S/C19H28N2O6.N2/c1-19(2,3)27-18(25)21-15(16(22)23)11-7-8-12-20-17(24)26-13-14-9-5-4-6-10-14;1-2/h4-6,9-10,15H,7-8,11-13H2,1-3H3,(H,20,24)(H,21,25)(H,22,23);/t15-;/m0./s1. The van der Waals surface area contributed by atoms with E-state index in [0.717, 1.165) is 5.56 Å². The average molecular weight is 408 g/mol. The lowest BCUT2D eigenvalue weighted by Crippen LogP contribution is -2.43. The first-order valence-electron chi connectivity index (χ1n) is 9.04. The van der Waals surface area contributed by atoms with Crippen molar-refractivity contribution in [3.05, 3.63) is 35.9 Å². The average Bonchev–Trinajstić information content (AvgIpc) is 2.66. The van der Waals surface area contributed by atoms with Crippen LogP contribution in [-0.2, 0) is 20.9 Å². The van der Waals surface area contributed by atoms with Gasteiger partial charge in [-0.05, 0) is 45.6 Å². The maximum absolute atomic E-state index is 11.7. The van der Waals surface area contributed by atoms with Crippen molar-refractivity contribution in [2.24, 2.45) is 0 Å². The van der Waals surface area contributed by atoms with E-state index in [9.17, 15) is 19.5 Å². The molecule has 0 unspecified atom stereocenters. The first-order chi connectivity index (χ1) is 13.7. The number of carbonyl (C=O) groups excluding carboxylic acids is 2. The maximum atomic E-state index is 11.7. The van der Waals surface area contributed by atoms with Gasteiger partial charge in [0.2, 0.25) is 0 Å². The van der Waals surface area contributed by atoms with Gasteiger partial charge in [-0.3, -0.25) is 0 Å². The molecule has 3 N–H and O–H groups in total. The predicted molar refractivity (Wildman–Crippen MR) is 103 cm³/mol. The molecule has 0 saturated carbocycles. The molecule has 2 amide bonds. The molecule has 0 aliphatic heterocycles. The van der Waals surface area contributed by atoms with E-state index >= 15 is 0 Å². The van der Waals surface area contributed by atoms with E-state index in [-0.39, 0.29) is 13.0 Å². The van der Waals surface area contributed by atoms with Crippen molar-refractivity contribution in [1.82, 2.24) is 10.6 Å². The molecule has 160 valence electrons. The summed E-state index contributed by atoms with van der Waals surface area (Å²) < 4.78 is 10.1. The van der Waals surface area contributed by atoms with Crippen molar-refractivity contribution < 1.29 is 29.0 Å². The number of benzene rings is 1. The zero-order valence-electron chi connectivity index (χ0n) is 16.9. The minimum absolute atomic E-state index is 0.188. The number of carbonyl (C=O) groups is 3. The van der Waals surface area contributed by atoms with Crippen LogP contribution in [0.5, 0.6) is 0 Å². The number of carboxylic acids is 1. The second-order valence-corrected chi connectivity index (χ2v) is 7.02. The van der Waals surface area contributed by atoms with Crippen molar-refractivity contribution in [1.29, 1.82) is 10.8 Å². The summed E-state index contributed by atoms with van der Waals surface area (Å²) >= 11 is 0. The molecule has 1 atom stereocenters. The highest BCUT2D eigenvalue weighted by Gasteiger charge is 2.23. The Hall–Kier alpha value is -3.35. The molecule has 0 spiro atoms. The van der Waals surface area contributed by atoms with Crippen LogP contribution in [0.15, 0.2) is 30.3 Å². The molecule has 0 aliphatic rings. The van der Waals surface area contributed by atoms with Gasteiger partial charge in [-0.1, -0.05) is 30.3 Å². The predicted octanol–water partition coefficient (Wildman–Crippen LogP) is 3.09. The summed E-state index contributed by atoms with van der Waals surface area (Å²) in [5, 5.41) is 26.1. The molecule has 0 saturated heterocycles. The van der Waals surface area contributed by atoms with Crippen molar-refractivity contribution in [3.63, 3.8) is 0 Å². The molecule has 0 aliphatic carbocycles. The molecular formula is C19H28N4O6. The molecule has 29 heavy (non-hydrogen) atoms. The van der Waals surface area contributed by atoms with E-state index in [0.29, 0.717) is 19.4 Å². The van der Waals surface area contributed by atoms with E-state index in [4.69, 9.17) is 20.3 Å². The molecule has 10 heteroatoms. The minimum Gasteiger partial charge on any atom is -0.480 e. The number of amides is 2. The lowest BCUT2D eigenvalue weighted by Gasteiger charge is -2.22. The van der Waals surface area contributed by atoms with Gasteiger partial charge in [0.1, 0.15) is 18.2 Å². The van der Waals surface area contributed by atoms with Gasteiger partial charge in [0.05, 0.1) is 0 Å². The third-order valence-electron chi connectivity index (χ3n) is 3.39. The second-order valence-electron chi connectivity index (χ2n) is 7.02. The fourth-order valence-electron chi connectivity index (χ4n) is 2.15. The van der Waals surface area contributed by atoms with Crippen LogP contribution in [0, 0.1) is 10.8 Å². The van der Waals surface area contributed by atoms with Gasteiger partial charge in [-0.15, -0.1) is 0 Å². The quantitative estimate of drug-likeness (QED) is 0.415. The summed E-state index contributed by atoms with van der Waals surface area (Å²) in [6.07, 6.45) is -0.000568. The normalized spacial score (nSPS) is 11.2. The summed E-state index contributed by atoms with van der Waals surface area (Å²) in [6.45, 7) is 5.64. The highest BCUT2D eigenvalue weighted by atomic mass is 16.6. The Labute approximate surface area is 170 Å². The second kappa shape index (κ2) is 13.8. The van der Waals surface area contributed by atoms with Crippen molar-refractivity contribution in [3.8, 4) is 0 Å². The van der Waals surface area contributed by atoms with Crippen LogP contribution in [0.25, 0.3) is 0 Å². The molecule has 0 radical (unpaired) electrons. The number of aliphatic carboxylic acids is 1. The Balaban J connectivity index is 0.00000379. The molecule has 1 aromatic carbocycles. The summed E-state index contributed by atoms with van der Waals surface area (Å²) in [5.41, 5.74) is 0.196. The number of nitrogens with one attached hydrogen (secondary N) is 2. The number of unbranched alkanes of at least 4 members (excludes halogenated alkanes) is 1. The highest BCUT2D eigenvalue weighted by Crippen LogP contribution is 2.08. The Morgan fingerprint density at radius 3 is 2.24 bits per heavy atom. The number of hydrogen-bond donors (Lipinski definition) is 3. The molecule has 1 aromatic rings. The van der Waals surface area contributed by atoms with E-state index in [1.807, 2.05) is 30.3 Å². The van der Waals surface area contributed by atoms with Gasteiger partial charge in [0.25, 0.3) is 0 Å². The van der Waals surface area contributed by atoms with Crippen LogP contribution >= 0.6 is 0 Å². The number of carboxylic acid groups (broad SMARTS) is 1. The van der Waals surface area contributed by atoms with Gasteiger partial charge in [0.15, 0.2) is 0 Å². The highest BCUT2D eigenvalue weighted by molar-refractivity contribution is 5.79. The summed E-state index contributed by atoms with van der Waals surface area (Å²) in [5.74, 6) is -1.13. The van der Waals surface area contributed by atoms with Crippen molar-refractivity contribution in [2.75, 3.05) is 6.54 Å². The molecule has 0 bridgehead atoms. The summed E-state index contributed by atoms with van der Waals surface area (Å²) in [7, 11) is 0. The van der Waals surface area contributed by atoms with E-state index in [1.54, 1.807) is 20.8 Å². The Morgan fingerprint density at radius 2 is 1.69 bits per heavy atom. The number of nitrogens with zero attached hydrogens (tertiary/aromatic N) is 2. The van der Waals surface area contributed by atoms with E-state index in [1.165, 1.54) is 0 Å². The molecule has 0 heterocycles. The fourth-order valence-corrected chi connectivity index (χ4v) is 2.15. The van der Waals surface area contributed by atoms with Crippen LogP contribution in [0.1, 0.15) is 45.6 Å². The summed E-state index contributed by atoms with van der Waals surface area (Å²) in [6, 6.07) is 8.28. The van der Waals surface area contributed by atoms with Crippen LogP contribution in [0.4, 0.5) is 9.59 Å². The van der Waals surface area contributed by atoms with Crippen molar-refractivity contribution >= 4 is 18.2 Å². The zero-order valence-corrected chi connectivity index (χ0v) is 16.9. The SMILES string of the molecule is CC(C)(C)OC(=O)N[C@@H](CCCCNC(=O)OCc1ccccc1)C(=O)O.N#N. The summed E-state index contributed by atoms with van der Waals surface area (Å²) in [4.78, 5) is 34.5. The third kappa shape index (κ3) is 13.5. The monoisotopic (exact) mass is 408 g/mol. The Kier molecular flexibility index (Phi) is 12.2. The van der Waals surface area contributed by atoms with Gasteiger partial charge < -0.3 is 25.2 Å². The van der Waals surface area contributed by atoms with Crippen LogP contribution in [-0.4, -0.2) is 41.4 Å². The third-order valence-corrected chi connectivity index (χ3v) is 3.39. The van der Waals surface area contributed by atoms with Gasteiger partial charge in [-0.2, -0.15) is 0 Å². The van der Waals surface area contributed by atoms with Gasteiger partial charge >= 0.3 is 18.2 Å². The molecular weight excluding hydrogens is 380 g/mol. The number of hydrogen-bond acceptors (Lipinski definition) is 7. The first kappa shape index (κ1) is 25.6. The number of alkyl carbamates (subject to hydrolysis) is 2. The number of ether oxygens (including phenoxy) is 2. The zero-order chi connectivity index (χ0) is 22.3. The van der Waals surface area contributed by atoms with E-state index in [2.05, 4.69) is 10.6 Å². The largest absolute Gasteiger partial charge is 0.480 e. The molecule has 10 nitrogen and oxygen atoms in total. The maximum Gasteiger partial charge on any atom is 0.408 e. The topological polar surface area (TPSA) is 162 Å². The Morgan fingerprint density at radius 1 is 1.07 bits per heavy atom. The smallest absolute Gasteiger partial charge is 0.408 e. The molecule has 1 rings (SSSR count). The number of rotatable bonds is 9. The van der Waals surface area contributed by atoms with Crippen LogP contribution in [0.3, 0.4) is 0 Å². The minimum atomic E-state index is -1.13. The first-order valence-corrected chi connectivity index (χ1v) is 9.04. The lowest BCUT2D eigenvalue weighted by atomic mass is 10.1. The van der Waals surface area contributed by atoms with Gasteiger partial charge in [0, 0.05) is 17.3 Å². The van der Waals surface area contributed by atoms with Crippen LogP contribution in [0.2, 0.25) is 0 Å². The fraction of sp³-hybridized carbons (Fsp3) is 0.526. The van der Waals surface area contributed by atoms with Crippen LogP contribution < -0.4 is 10.6 Å². The lowest BCUT2D eigenvalue weighted by molar-refractivity contribution is -0.139. The molecule has 0 aromatic heterocycles. The van der Waals surface area contributed by atoms with Gasteiger partial charge in [-0.25, -0.2) is 14.4 Å². The molecule has 0 fully saturated rings. The van der Waals surface area contributed by atoms with E-state index < -0.39 is 29.8 Å². The van der Waals surface area contributed by atoms with Crippen molar-refractivity contribution in [2.45, 2.75) is 58.3 Å².